The summed E-state index contributed by atoms with van der Waals surface area (Å²) in [4.78, 5) is 0. The smallest absolute Gasteiger partial charge is 0.200 e. The van der Waals surface area contributed by atoms with E-state index in [1.54, 1.807) is 0 Å². The Hall–Kier alpha value is -2.17. The molecule has 0 N–H and O–H groups in total. The molecule has 0 rings (SSSR count). The molecule has 0 aliphatic carbocycles. The summed E-state index contributed by atoms with van der Waals surface area (Å²) in [7, 11) is 0. The Morgan fingerprint density at radius 2 is 0.373 bits per heavy atom. The molecule has 0 spiro atoms. The quantitative estimate of drug-likeness (QED) is 0.0632. The number of rotatable bonds is 25. The first kappa shape index (κ1) is 56.8. The van der Waals surface area contributed by atoms with Crippen LogP contribution < -0.4 is 0 Å². The lowest BCUT2D eigenvalue weighted by Crippen LogP contribution is -2.79. The summed E-state index contributed by atoms with van der Waals surface area (Å²) in [5.74, 6) is -131. The summed E-state index contributed by atoms with van der Waals surface area (Å²) < 4.78 is 424. The van der Waals surface area contributed by atoms with Gasteiger partial charge in [-0.2, -0.15) is 136 Å². The molecule has 0 amide bonds. The molecule has 356 valence electrons. The Bertz CT molecular complexity index is 1350. The second-order valence-electron chi connectivity index (χ2n) is 13.0. The molecule has 0 aliphatic rings. The van der Waals surface area contributed by atoms with Gasteiger partial charge in [0.25, 0.3) is 0 Å². The second kappa shape index (κ2) is 16.8. The van der Waals surface area contributed by atoms with E-state index in [1.807, 2.05) is 6.92 Å². The maximum Gasteiger partial charge on any atom is 0.460 e. The van der Waals surface area contributed by atoms with Gasteiger partial charge in [0.15, 0.2) is 0 Å². The van der Waals surface area contributed by atoms with Crippen LogP contribution in [0.3, 0.4) is 0 Å². The van der Waals surface area contributed by atoms with Crippen LogP contribution in [0.1, 0.15) is 84.0 Å². The number of unbranched alkanes of at least 4 members (excludes halogenated alkanes) is 10. The third kappa shape index (κ3) is 8.52. The third-order valence-electron chi connectivity index (χ3n) is 8.64. The zero-order valence-electron chi connectivity index (χ0n) is 28.7. The lowest BCUT2D eigenvalue weighted by molar-refractivity contribution is -0.489. The molecule has 59 heavy (non-hydrogen) atoms. The summed E-state index contributed by atoms with van der Waals surface area (Å²) >= 11 is 0. The minimum atomic E-state index is -10.1. The van der Waals surface area contributed by atoms with Crippen molar-refractivity contribution in [1.82, 2.24) is 0 Å². The van der Waals surface area contributed by atoms with Gasteiger partial charge in [0.1, 0.15) is 0 Å². The fraction of sp³-hybridized carbons (Fsp3) is 1.00. The number of hydrogen-bond donors (Lipinski definition) is 0. The largest absolute Gasteiger partial charge is 0.460 e. The van der Waals surface area contributed by atoms with Crippen LogP contribution in [0.15, 0.2) is 0 Å². The van der Waals surface area contributed by atoms with Gasteiger partial charge in [0, 0.05) is 6.42 Å². The molecule has 0 radical (unpaired) electrons. The van der Waals surface area contributed by atoms with Crippen LogP contribution in [0.25, 0.3) is 0 Å². The van der Waals surface area contributed by atoms with Gasteiger partial charge in [-0.3, -0.25) is 0 Å². The van der Waals surface area contributed by atoms with E-state index in [0.717, 1.165) is 25.7 Å². The van der Waals surface area contributed by atoms with Crippen LogP contribution in [-0.4, -0.2) is 89.1 Å². The highest BCUT2D eigenvalue weighted by Gasteiger charge is 3.01. The lowest BCUT2D eigenvalue weighted by atomic mass is 9.83. The Balaban J connectivity index is 6.86. The molecule has 0 aliphatic heterocycles. The molecule has 0 saturated heterocycles. The van der Waals surface area contributed by atoms with Crippen molar-refractivity contribution >= 4 is 0 Å². The molecule has 0 aromatic rings. The zero-order chi connectivity index (χ0) is 48.0. The van der Waals surface area contributed by atoms with E-state index in [1.165, 1.54) is 0 Å². The van der Waals surface area contributed by atoms with E-state index in [0.29, 0.717) is 19.3 Å². The van der Waals surface area contributed by atoms with Crippen molar-refractivity contribution in [2.24, 2.45) is 0 Å². The standard InChI is InChI=1S/C28H27F31/c1-2-3-4-5-6-7-8-9-10-11-12-13-14(29,30)15(31,32)16(33,34)17(35,36)18(37,38)19(39,40)20(41,42)21(43,44)22(45,46)23(47,48)24(49,50)25(51,52)26(53,54)27(55,56)28(57,58)59/h2-13H2,1H3. The second-order valence-corrected chi connectivity index (χ2v) is 13.0. The Kier molecular flexibility index (Phi) is 16.2. The molecule has 0 saturated carbocycles. The van der Waals surface area contributed by atoms with Crippen LogP contribution in [0, 0.1) is 0 Å². The summed E-state index contributed by atoms with van der Waals surface area (Å²) in [6, 6.07) is 0. The van der Waals surface area contributed by atoms with Gasteiger partial charge in [-0.25, -0.2) is 0 Å². The van der Waals surface area contributed by atoms with E-state index in [9.17, 15) is 136 Å². The molecule has 0 fully saturated rings. The van der Waals surface area contributed by atoms with Crippen molar-refractivity contribution in [1.29, 1.82) is 0 Å². The van der Waals surface area contributed by atoms with Crippen molar-refractivity contribution in [2.45, 2.75) is 173 Å². The van der Waals surface area contributed by atoms with E-state index in [2.05, 4.69) is 0 Å². The molecule has 0 atom stereocenters. The van der Waals surface area contributed by atoms with Crippen molar-refractivity contribution in [3.63, 3.8) is 0 Å². The SMILES string of the molecule is CCCCCCCCCCCCCC(F)(F)C(F)(F)C(F)(F)C(F)(F)C(F)(F)C(F)(F)C(F)(F)C(F)(F)C(F)(F)C(F)(F)C(F)(F)C(F)(F)C(F)(F)C(F)(F)C(F)(F)F. The first-order valence-corrected chi connectivity index (χ1v) is 15.9. The minimum absolute atomic E-state index is 0.121. The minimum Gasteiger partial charge on any atom is -0.200 e. The predicted molar refractivity (Wildman–Crippen MR) is 136 cm³/mol. The number of halogens is 31. The van der Waals surface area contributed by atoms with Gasteiger partial charge in [-0.05, 0) is 6.42 Å². The summed E-state index contributed by atoms with van der Waals surface area (Å²) in [6.45, 7) is 1.89. The maximum atomic E-state index is 14.1. The summed E-state index contributed by atoms with van der Waals surface area (Å²) in [5, 5.41) is 0. The lowest BCUT2D eigenvalue weighted by Gasteiger charge is -2.46. The number of alkyl halides is 31. The average Bonchev–Trinajstić information content (AvgIpc) is 3.05. The van der Waals surface area contributed by atoms with Gasteiger partial charge >= 0.3 is 89.1 Å². The molecule has 0 nitrogen and oxygen atoms in total. The molecule has 0 bridgehead atoms. The van der Waals surface area contributed by atoms with Gasteiger partial charge in [-0.15, -0.1) is 0 Å². The van der Waals surface area contributed by atoms with Crippen LogP contribution in [0.2, 0.25) is 0 Å². The maximum absolute atomic E-state index is 14.1. The van der Waals surface area contributed by atoms with Gasteiger partial charge in [0.2, 0.25) is 0 Å². The monoisotopic (exact) mass is 952 g/mol. The Labute approximate surface area is 310 Å². The van der Waals surface area contributed by atoms with Crippen LogP contribution in [0.4, 0.5) is 136 Å². The van der Waals surface area contributed by atoms with E-state index in [-0.39, 0.29) is 12.8 Å². The highest BCUT2D eigenvalue weighted by atomic mass is 19.4. The van der Waals surface area contributed by atoms with Crippen LogP contribution in [0.5, 0.6) is 0 Å². The first-order chi connectivity index (χ1) is 25.6. The van der Waals surface area contributed by atoms with Gasteiger partial charge in [0.05, 0.1) is 0 Å². The summed E-state index contributed by atoms with van der Waals surface area (Å²) in [6.07, 6.45) is -8.41. The Morgan fingerprint density at radius 3 is 0.576 bits per heavy atom. The zero-order valence-corrected chi connectivity index (χ0v) is 28.7. The fourth-order valence-electron chi connectivity index (χ4n) is 4.74. The first-order valence-electron chi connectivity index (χ1n) is 15.9. The molecule has 0 heterocycles. The molecule has 0 aromatic carbocycles. The van der Waals surface area contributed by atoms with Crippen molar-refractivity contribution in [2.75, 3.05) is 0 Å². The van der Waals surface area contributed by atoms with Gasteiger partial charge < -0.3 is 0 Å². The molecular formula is C28H27F31. The van der Waals surface area contributed by atoms with Crippen molar-refractivity contribution in [3.8, 4) is 0 Å². The van der Waals surface area contributed by atoms with Crippen molar-refractivity contribution < 1.29 is 136 Å². The van der Waals surface area contributed by atoms with E-state index < -0.39 is 108 Å². The molecule has 31 heteroatoms. The van der Waals surface area contributed by atoms with Crippen LogP contribution in [-0.2, 0) is 0 Å². The topological polar surface area (TPSA) is 0 Å². The highest BCUT2D eigenvalue weighted by Crippen LogP contribution is 2.69. The normalized spacial score (nSPS) is 16.3. The van der Waals surface area contributed by atoms with Gasteiger partial charge in [-0.1, -0.05) is 71.1 Å². The third-order valence-corrected chi connectivity index (χ3v) is 8.64. The van der Waals surface area contributed by atoms with Crippen molar-refractivity contribution in [3.05, 3.63) is 0 Å². The average molecular weight is 952 g/mol. The van der Waals surface area contributed by atoms with E-state index >= 15 is 0 Å². The summed E-state index contributed by atoms with van der Waals surface area (Å²) in [5.41, 5.74) is 0. The predicted octanol–water partition coefficient (Wildman–Crippen LogP) is 15.1. The Morgan fingerprint density at radius 1 is 0.203 bits per heavy atom. The fourth-order valence-corrected chi connectivity index (χ4v) is 4.74. The van der Waals surface area contributed by atoms with E-state index in [4.69, 9.17) is 0 Å². The molecule has 0 aromatic heterocycles. The number of hydrogen-bond acceptors (Lipinski definition) is 0. The molecular weight excluding hydrogens is 925 g/mol. The highest BCUT2D eigenvalue weighted by molar-refractivity contribution is 5.21. The van der Waals surface area contributed by atoms with Crippen LogP contribution >= 0.6 is 0 Å². The molecule has 0 unspecified atom stereocenters.